The van der Waals surface area contributed by atoms with E-state index in [9.17, 15) is 5.11 Å². The summed E-state index contributed by atoms with van der Waals surface area (Å²) in [6, 6.07) is 13.1. The summed E-state index contributed by atoms with van der Waals surface area (Å²) in [5, 5.41) is 9.17. The Morgan fingerprint density at radius 3 is 2.25 bits per heavy atom. The minimum absolute atomic E-state index is 0.284. The van der Waals surface area contributed by atoms with Crippen LogP contribution in [0, 0.1) is 3.57 Å². The molecule has 0 bridgehead atoms. The molecule has 0 atom stereocenters. The lowest BCUT2D eigenvalue weighted by molar-refractivity contribution is 0.475. The van der Waals surface area contributed by atoms with Gasteiger partial charge in [-0.1, -0.05) is 11.8 Å². The summed E-state index contributed by atoms with van der Waals surface area (Å²) in [7, 11) is 0. The van der Waals surface area contributed by atoms with Crippen molar-refractivity contribution < 1.29 is 5.11 Å². The predicted molar refractivity (Wildman–Crippen MR) is 75.8 cm³/mol. The first-order valence-corrected chi connectivity index (χ1v) is 6.56. The van der Waals surface area contributed by atoms with Crippen molar-refractivity contribution in [3.05, 3.63) is 46.0 Å². The fourth-order valence-electron chi connectivity index (χ4n) is 1.24. The highest BCUT2D eigenvalue weighted by Gasteiger charge is 2.00. The van der Waals surface area contributed by atoms with E-state index in [1.54, 1.807) is 23.9 Å². The largest absolute Gasteiger partial charge is 0.508 e. The molecule has 2 aromatic carbocycles. The van der Waals surface area contributed by atoms with Crippen molar-refractivity contribution >= 4 is 40.0 Å². The minimum Gasteiger partial charge on any atom is -0.508 e. The maximum absolute atomic E-state index is 9.17. The molecular formula is C12H10INOS. The summed E-state index contributed by atoms with van der Waals surface area (Å²) in [5.74, 6) is 0.284. The molecule has 3 N–H and O–H groups in total. The Morgan fingerprint density at radius 2 is 1.62 bits per heavy atom. The van der Waals surface area contributed by atoms with Gasteiger partial charge in [-0.15, -0.1) is 0 Å². The summed E-state index contributed by atoms with van der Waals surface area (Å²) >= 11 is 3.83. The van der Waals surface area contributed by atoms with Gasteiger partial charge in [0.05, 0.1) is 0 Å². The number of anilines is 1. The average molecular weight is 343 g/mol. The number of nitrogen functional groups attached to an aromatic ring is 1. The zero-order chi connectivity index (χ0) is 11.5. The highest BCUT2D eigenvalue weighted by atomic mass is 127. The van der Waals surface area contributed by atoms with Crippen molar-refractivity contribution in [1.29, 1.82) is 0 Å². The van der Waals surface area contributed by atoms with Gasteiger partial charge in [0.25, 0.3) is 0 Å². The molecule has 4 heteroatoms. The van der Waals surface area contributed by atoms with Crippen molar-refractivity contribution in [3.63, 3.8) is 0 Å². The molecule has 0 spiro atoms. The number of aromatic hydroxyl groups is 1. The third-order valence-electron chi connectivity index (χ3n) is 2.04. The van der Waals surface area contributed by atoms with Crippen LogP contribution in [0.3, 0.4) is 0 Å². The van der Waals surface area contributed by atoms with E-state index in [0.717, 1.165) is 19.0 Å². The number of phenols is 1. The van der Waals surface area contributed by atoms with Crippen LogP contribution in [0.5, 0.6) is 5.75 Å². The molecule has 16 heavy (non-hydrogen) atoms. The number of rotatable bonds is 2. The number of benzene rings is 2. The number of nitrogens with two attached hydrogens (primary N) is 1. The van der Waals surface area contributed by atoms with Crippen LogP contribution in [0.15, 0.2) is 52.3 Å². The second kappa shape index (κ2) is 4.97. The van der Waals surface area contributed by atoms with Gasteiger partial charge in [-0.3, -0.25) is 0 Å². The Balaban J connectivity index is 2.20. The van der Waals surface area contributed by atoms with Crippen LogP contribution in [0.1, 0.15) is 0 Å². The standard InChI is InChI=1S/C12H10INOS/c13-11-6-5-10(7-12(11)14)16-9-3-1-8(15)2-4-9/h1-7,15H,14H2. The molecule has 0 unspecified atom stereocenters. The normalized spacial score (nSPS) is 10.3. The van der Waals surface area contributed by atoms with Gasteiger partial charge in [-0.25, -0.2) is 0 Å². The van der Waals surface area contributed by atoms with Gasteiger partial charge < -0.3 is 10.8 Å². The van der Waals surface area contributed by atoms with E-state index in [1.807, 2.05) is 30.3 Å². The number of hydrogen-bond acceptors (Lipinski definition) is 3. The van der Waals surface area contributed by atoms with Crippen LogP contribution in [0.25, 0.3) is 0 Å². The third-order valence-corrected chi connectivity index (χ3v) is 4.02. The van der Waals surface area contributed by atoms with Gasteiger partial charge in [0, 0.05) is 19.0 Å². The molecule has 82 valence electrons. The van der Waals surface area contributed by atoms with Crippen LogP contribution >= 0.6 is 34.4 Å². The van der Waals surface area contributed by atoms with Crippen LogP contribution in [-0.2, 0) is 0 Å². The van der Waals surface area contributed by atoms with Crippen molar-refractivity contribution in [3.8, 4) is 5.75 Å². The van der Waals surface area contributed by atoms with Crippen LogP contribution in [0.4, 0.5) is 5.69 Å². The highest BCUT2D eigenvalue weighted by Crippen LogP contribution is 2.31. The van der Waals surface area contributed by atoms with E-state index in [-0.39, 0.29) is 5.75 Å². The van der Waals surface area contributed by atoms with Crippen molar-refractivity contribution in [1.82, 2.24) is 0 Å². The maximum atomic E-state index is 9.17. The Hall–Kier alpha value is -0.880. The average Bonchev–Trinajstić information content (AvgIpc) is 2.27. The maximum Gasteiger partial charge on any atom is 0.115 e. The summed E-state index contributed by atoms with van der Waals surface area (Å²) < 4.78 is 1.06. The lowest BCUT2D eigenvalue weighted by Gasteiger charge is -2.04. The Morgan fingerprint density at radius 1 is 1.00 bits per heavy atom. The van der Waals surface area contributed by atoms with Crippen molar-refractivity contribution in [2.24, 2.45) is 0 Å². The van der Waals surface area contributed by atoms with Gasteiger partial charge in [0.2, 0.25) is 0 Å². The minimum atomic E-state index is 0.284. The van der Waals surface area contributed by atoms with E-state index in [2.05, 4.69) is 22.6 Å². The van der Waals surface area contributed by atoms with Crippen LogP contribution in [0.2, 0.25) is 0 Å². The second-order valence-electron chi connectivity index (χ2n) is 3.28. The molecule has 0 aromatic heterocycles. The Labute approximate surface area is 112 Å². The number of halogens is 1. The molecule has 0 fully saturated rings. The van der Waals surface area contributed by atoms with E-state index in [1.165, 1.54) is 0 Å². The molecule has 0 amide bonds. The van der Waals surface area contributed by atoms with E-state index >= 15 is 0 Å². The number of phenolic OH excluding ortho intramolecular Hbond substituents is 1. The zero-order valence-corrected chi connectivity index (χ0v) is 11.3. The second-order valence-corrected chi connectivity index (χ2v) is 5.59. The SMILES string of the molecule is Nc1cc(Sc2ccc(O)cc2)ccc1I. The van der Waals surface area contributed by atoms with Crippen molar-refractivity contribution in [2.75, 3.05) is 5.73 Å². The fraction of sp³-hybridized carbons (Fsp3) is 0. The summed E-state index contributed by atoms with van der Waals surface area (Å²) in [6.07, 6.45) is 0. The molecule has 0 heterocycles. The summed E-state index contributed by atoms with van der Waals surface area (Å²) in [6.45, 7) is 0. The smallest absolute Gasteiger partial charge is 0.115 e. The van der Waals surface area contributed by atoms with E-state index < -0.39 is 0 Å². The van der Waals surface area contributed by atoms with Gasteiger partial charge in [0.1, 0.15) is 5.75 Å². The molecular weight excluding hydrogens is 333 g/mol. The first kappa shape index (κ1) is 11.6. The molecule has 0 radical (unpaired) electrons. The first-order valence-electron chi connectivity index (χ1n) is 4.67. The molecule has 0 aliphatic heterocycles. The lowest BCUT2D eigenvalue weighted by Crippen LogP contribution is -1.88. The quantitative estimate of drug-likeness (QED) is 0.645. The number of hydrogen-bond donors (Lipinski definition) is 2. The van der Waals surface area contributed by atoms with Gasteiger partial charge in [-0.05, 0) is 65.1 Å². The van der Waals surface area contributed by atoms with E-state index in [0.29, 0.717) is 0 Å². The van der Waals surface area contributed by atoms with E-state index in [4.69, 9.17) is 5.73 Å². The molecule has 0 aliphatic rings. The molecule has 2 rings (SSSR count). The van der Waals surface area contributed by atoms with Crippen molar-refractivity contribution in [2.45, 2.75) is 9.79 Å². The fourth-order valence-corrected chi connectivity index (χ4v) is 2.44. The molecule has 2 nitrogen and oxygen atoms in total. The molecule has 0 saturated carbocycles. The zero-order valence-electron chi connectivity index (χ0n) is 8.35. The van der Waals surface area contributed by atoms with Gasteiger partial charge in [-0.2, -0.15) is 0 Å². The monoisotopic (exact) mass is 343 g/mol. The van der Waals surface area contributed by atoms with Gasteiger partial charge in [0.15, 0.2) is 0 Å². The Kier molecular flexibility index (Phi) is 3.60. The predicted octanol–water partition coefficient (Wildman–Crippen LogP) is 3.73. The third kappa shape index (κ3) is 2.82. The van der Waals surface area contributed by atoms with Crippen LogP contribution in [-0.4, -0.2) is 5.11 Å². The topological polar surface area (TPSA) is 46.2 Å². The molecule has 0 saturated heterocycles. The molecule has 2 aromatic rings. The van der Waals surface area contributed by atoms with Crippen LogP contribution < -0.4 is 5.73 Å². The summed E-state index contributed by atoms with van der Waals surface area (Å²) in [4.78, 5) is 2.18. The Bertz CT molecular complexity index is 499. The highest BCUT2D eigenvalue weighted by molar-refractivity contribution is 14.1. The first-order chi connectivity index (χ1) is 7.65. The summed E-state index contributed by atoms with van der Waals surface area (Å²) in [5.41, 5.74) is 6.63. The molecule has 0 aliphatic carbocycles. The lowest BCUT2D eigenvalue weighted by atomic mass is 10.3. The van der Waals surface area contributed by atoms with Gasteiger partial charge >= 0.3 is 0 Å².